The summed E-state index contributed by atoms with van der Waals surface area (Å²) in [6.45, 7) is 0. The van der Waals surface area contributed by atoms with E-state index in [1.807, 2.05) is 4.72 Å². The van der Waals surface area contributed by atoms with Gasteiger partial charge in [0.05, 0.1) is 10.6 Å². The molecule has 21 heavy (non-hydrogen) atoms. The van der Waals surface area contributed by atoms with Gasteiger partial charge in [-0.15, -0.1) is 0 Å². The first-order valence-corrected chi connectivity index (χ1v) is 7.67. The molecule has 0 spiro atoms. The molecule has 0 amide bonds. The van der Waals surface area contributed by atoms with Crippen molar-refractivity contribution in [3.05, 3.63) is 52.0 Å². The number of hydrogen-bond donors (Lipinski definition) is 2. The van der Waals surface area contributed by atoms with Crippen molar-refractivity contribution >= 4 is 44.6 Å². The van der Waals surface area contributed by atoms with Gasteiger partial charge in [-0.05, 0) is 30.3 Å². The lowest BCUT2D eigenvalue weighted by Gasteiger charge is -2.12. The van der Waals surface area contributed by atoms with Crippen LogP contribution in [0.15, 0.2) is 35.2 Å². The average Bonchev–Trinajstić information content (AvgIpc) is 2.38. The van der Waals surface area contributed by atoms with Crippen molar-refractivity contribution in [3.63, 3.8) is 0 Å². The minimum absolute atomic E-state index is 0.0792. The van der Waals surface area contributed by atoms with Crippen LogP contribution in [-0.2, 0) is 10.0 Å². The van der Waals surface area contributed by atoms with Crippen molar-refractivity contribution in [2.24, 2.45) is 0 Å². The molecule has 0 heterocycles. The van der Waals surface area contributed by atoms with Crippen LogP contribution in [0.3, 0.4) is 0 Å². The molecule has 0 aromatic heterocycles. The molecule has 112 valence electrons. The van der Waals surface area contributed by atoms with E-state index in [2.05, 4.69) is 0 Å². The van der Waals surface area contributed by atoms with Crippen LogP contribution >= 0.6 is 23.2 Å². The summed E-state index contributed by atoms with van der Waals surface area (Å²) in [6, 6.07) is 5.39. The third-order valence-electron chi connectivity index (χ3n) is 2.51. The first-order valence-electron chi connectivity index (χ1n) is 5.43. The van der Waals surface area contributed by atoms with Gasteiger partial charge in [-0.3, -0.25) is 4.72 Å². The van der Waals surface area contributed by atoms with E-state index in [4.69, 9.17) is 28.9 Å². The number of hydrogen-bond acceptors (Lipinski definition) is 3. The number of halogens is 4. The number of sulfonamides is 1. The highest BCUT2D eigenvalue weighted by Gasteiger charge is 2.21. The highest BCUT2D eigenvalue weighted by atomic mass is 35.5. The molecule has 3 N–H and O–H groups in total. The van der Waals surface area contributed by atoms with Crippen LogP contribution in [0.1, 0.15) is 0 Å². The summed E-state index contributed by atoms with van der Waals surface area (Å²) < 4.78 is 53.0. The fourth-order valence-corrected chi connectivity index (χ4v) is 3.36. The van der Waals surface area contributed by atoms with Crippen molar-refractivity contribution in [2.45, 2.75) is 4.90 Å². The summed E-state index contributed by atoms with van der Waals surface area (Å²) in [5.41, 5.74) is 4.52. The van der Waals surface area contributed by atoms with Crippen LogP contribution in [0.5, 0.6) is 0 Å². The van der Waals surface area contributed by atoms with Crippen LogP contribution in [0.2, 0.25) is 10.0 Å². The number of nitrogens with two attached hydrogens (primary N) is 1. The van der Waals surface area contributed by atoms with Crippen molar-refractivity contribution in [1.82, 2.24) is 0 Å². The summed E-state index contributed by atoms with van der Waals surface area (Å²) in [5.74, 6) is -2.63. The smallest absolute Gasteiger partial charge is 0.262 e. The highest BCUT2D eigenvalue weighted by Crippen LogP contribution is 2.29. The van der Waals surface area contributed by atoms with Gasteiger partial charge in [0.15, 0.2) is 11.6 Å². The number of nitrogens with one attached hydrogen (secondary N) is 1. The van der Waals surface area contributed by atoms with E-state index in [0.717, 1.165) is 24.3 Å². The standard InChI is InChI=1S/C12H8Cl2F2N2O2S/c13-6-3-7(14)5-8(4-6)21(19,20)18-12-10(17)2-1-9(15)11(12)16/h1-5,18H,17H2. The second-order valence-electron chi connectivity index (χ2n) is 4.04. The second kappa shape index (κ2) is 5.67. The Labute approximate surface area is 129 Å². The maximum Gasteiger partial charge on any atom is 0.262 e. The lowest BCUT2D eigenvalue weighted by molar-refractivity contribution is 0.512. The Morgan fingerprint density at radius 1 is 1.05 bits per heavy atom. The molecule has 2 aromatic rings. The zero-order valence-corrected chi connectivity index (χ0v) is 12.5. The quantitative estimate of drug-likeness (QED) is 0.828. The van der Waals surface area contributed by atoms with Gasteiger partial charge in [-0.2, -0.15) is 0 Å². The Morgan fingerprint density at radius 3 is 2.19 bits per heavy atom. The Balaban J connectivity index is 2.50. The molecule has 0 atom stereocenters. The fraction of sp³-hybridized carbons (Fsp3) is 0. The van der Waals surface area contributed by atoms with Gasteiger partial charge in [0.25, 0.3) is 10.0 Å². The molecule has 0 aliphatic rings. The van der Waals surface area contributed by atoms with E-state index < -0.39 is 27.3 Å². The molecule has 0 fully saturated rings. The molecule has 9 heteroatoms. The van der Waals surface area contributed by atoms with Crippen LogP contribution in [0, 0.1) is 11.6 Å². The van der Waals surface area contributed by atoms with Gasteiger partial charge in [0.2, 0.25) is 0 Å². The molecule has 0 bridgehead atoms. The molecule has 0 unspecified atom stereocenters. The van der Waals surface area contributed by atoms with Crippen molar-refractivity contribution < 1.29 is 17.2 Å². The topological polar surface area (TPSA) is 72.2 Å². The average molecular weight is 353 g/mol. The van der Waals surface area contributed by atoms with Crippen molar-refractivity contribution in [1.29, 1.82) is 0 Å². The van der Waals surface area contributed by atoms with Gasteiger partial charge < -0.3 is 5.73 Å². The third-order valence-corrected chi connectivity index (χ3v) is 4.28. The van der Waals surface area contributed by atoms with Gasteiger partial charge in [-0.25, -0.2) is 17.2 Å². The molecule has 0 aliphatic heterocycles. The first-order chi connectivity index (χ1) is 9.70. The SMILES string of the molecule is Nc1ccc(F)c(F)c1NS(=O)(=O)c1cc(Cl)cc(Cl)c1. The molecule has 4 nitrogen and oxygen atoms in total. The predicted molar refractivity (Wildman–Crippen MR) is 78.0 cm³/mol. The van der Waals surface area contributed by atoms with Gasteiger partial charge in [0.1, 0.15) is 5.69 Å². The fourth-order valence-electron chi connectivity index (χ4n) is 1.55. The van der Waals surface area contributed by atoms with Gasteiger partial charge in [0, 0.05) is 10.0 Å². The first kappa shape index (κ1) is 15.8. The highest BCUT2D eigenvalue weighted by molar-refractivity contribution is 7.92. The summed E-state index contributed by atoms with van der Waals surface area (Å²) >= 11 is 11.4. The van der Waals surface area contributed by atoms with Crippen molar-refractivity contribution in [3.8, 4) is 0 Å². The predicted octanol–water partition coefficient (Wildman–Crippen LogP) is 3.65. The van der Waals surface area contributed by atoms with Gasteiger partial charge in [-0.1, -0.05) is 23.2 Å². The summed E-state index contributed by atoms with van der Waals surface area (Å²) in [6.07, 6.45) is 0. The Bertz CT molecular complexity index is 793. The van der Waals surface area contributed by atoms with E-state index in [1.54, 1.807) is 0 Å². The zero-order chi connectivity index (χ0) is 15.8. The van der Waals surface area contributed by atoms with E-state index in [-0.39, 0.29) is 20.6 Å². The van der Waals surface area contributed by atoms with Crippen LogP contribution in [-0.4, -0.2) is 8.42 Å². The molecule has 0 radical (unpaired) electrons. The summed E-state index contributed by atoms with van der Waals surface area (Å²) in [7, 11) is -4.23. The van der Waals surface area contributed by atoms with Gasteiger partial charge >= 0.3 is 0 Å². The Hall–Kier alpha value is -1.57. The third kappa shape index (κ3) is 3.37. The minimum Gasteiger partial charge on any atom is -0.397 e. The zero-order valence-electron chi connectivity index (χ0n) is 10.2. The molecule has 2 aromatic carbocycles. The second-order valence-corrected chi connectivity index (χ2v) is 6.59. The minimum atomic E-state index is -4.23. The van der Waals surface area contributed by atoms with Crippen LogP contribution in [0.25, 0.3) is 0 Å². The lowest BCUT2D eigenvalue weighted by atomic mass is 10.2. The van der Waals surface area contributed by atoms with Crippen LogP contribution in [0.4, 0.5) is 20.2 Å². The molecule has 0 saturated heterocycles. The lowest BCUT2D eigenvalue weighted by Crippen LogP contribution is -2.16. The van der Waals surface area contributed by atoms with E-state index in [9.17, 15) is 17.2 Å². The summed E-state index contributed by atoms with van der Waals surface area (Å²) in [4.78, 5) is -0.303. The molecule has 0 aliphatic carbocycles. The summed E-state index contributed by atoms with van der Waals surface area (Å²) in [5, 5.41) is 0.158. The number of rotatable bonds is 3. The Morgan fingerprint density at radius 2 is 1.62 bits per heavy atom. The molecule has 2 rings (SSSR count). The normalized spacial score (nSPS) is 11.4. The van der Waals surface area contributed by atoms with Crippen LogP contribution < -0.4 is 10.5 Å². The molecular formula is C12H8Cl2F2N2O2S. The molecule has 0 saturated carbocycles. The number of nitrogen functional groups attached to an aromatic ring is 1. The number of anilines is 2. The Kier molecular flexibility index (Phi) is 4.27. The largest absolute Gasteiger partial charge is 0.397 e. The van der Waals surface area contributed by atoms with E-state index in [0.29, 0.717) is 0 Å². The molecular weight excluding hydrogens is 345 g/mol. The van der Waals surface area contributed by atoms with Crippen molar-refractivity contribution in [2.75, 3.05) is 10.5 Å². The van der Waals surface area contributed by atoms with E-state index in [1.165, 1.54) is 6.07 Å². The van der Waals surface area contributed by atoms with E-state index >= 15 is 0 Å². The maximum atomic E-state index is 13.6. The monoisotopic (exact) mass is 352 g/mol. The number of benzene rings is 2. The maximum absolute atomic E-state index is 13.6.